The molecule has 72 valence electrons. The number of thiazole rings is 1. The second-order valence-corrected chi connectivity index (χ2v) is 3.76. The molecule has 0 fully saturated rings. The molecule has 2 aromatic rings. The zero-order valence-electron chi connectivity index (χ0n) is 7.68. The minimum absolute atomic E-state index is 0.641. The molecule has 2 N–H and O–H groups in total. The van der Waals surface area contributed by atoms with Crippen LogP contribution in [0, 0.1) is 0 Å². The van der Waals surface area contributed by atoms with Crippen molar-refractivity contribution in [1.82, 2.24) is 9.97 Å². The second kappa shape index (κ2) is 4.30. The summed E-state index contributed by atoms with van der Waals surface area (Å²) in [7, 11) is 0. The van der Waals surface area contributed by atoms with Crippen LogP contribution in [-0.2, 0) is 6.42 Å². The van der Waals surface area contributed by atoms with E-state index in [4.69, 9.17) is 5.73 Å². The Bertz CT molecular complexity index is 397. The fourth-order valence-electron chi connectivity index (χ4n) is 1.32. The van der Waals surface area contributed by atoms with Crippen molar-refractivity contribution in [3.63, 3.8) is 0 Å². The predicted molar refractivity (Wildman–Crippen MR) is 58.1 cm³/mol. The molecule has 4 heteroatoms. The van der Waals surface area contributed by atoms with Gasteiger partial charge in [-0.05, 0) is 24.2 Å². The van der Waals surface area contributed by atoms with Gasteiger partial charge in [-0.15, -0.1) is 11.3 Å². The summed E-state index contributed by atoms with van der Waals surface area (Å²) in [6.07, 6.45) is 4.42. The van der Waals surface area contributed by atoms with Crippen molar-refractivity contribution in [3.8, 4) is 10.4 Å². The molecular weight excluding hydrogens is 194 g/mol. The van der Waals surface area contributed by atoms with E-state index in [0.29, 0.717) is 6.54 Å². The SMILES string of the molecule is NCCc1ncsc1-c1ccncc1. The Kier molecular flexibility index (Phi) is 2.86. The minimum Gasteiger partial charge on any atom is -0.330 e. The highest BCUT2D eigenvalue weighted by Gasteiger charge is 2.06. The van der Waals surface area contributed by atoms with Gasteiger partial charge < -0.3 is 5.73 Å². The van der Waals surface area contributed by atoms with Crippen LogP contribution in [0.4, 0.5) is 0 Å². The van der Waals surface area contributed by atoms with Crippen LogP contribution in [-0.4, -0.2) is 16.5 Å². The summed E-state index contributed by atoms with van der Waals surface area (Å²) in [5.41, 5.74) is 9.64. The van der Waals surface area contributed by atoms with Crippen molar-refractivity contribution < 1.29 is 0 Å². The lowest BCUT2D eigenvalue weighted by Gasteiger charge is -1.99. The Labute approximate surface area is 86.6 Å². The highest BCUT2D eigenvalue weighted by Crippen LogP contribution is 2.26. The molecule has 0 radical (unpaired) electrons. The van der Waals surface area contributed by atoms with Crippen molar-refractivity contribution in [3.05, 3.63) is 35.7 Å². The lowest BCUT2D eigenvalue weighted by molar-refractivity contribution is 0.937. The maximum absolute atomic E-state index is 5.52. The largest absolute Gasteiger partial charge is 0.330 e. The van der Waals surface area contributed by atoms with E-state index in [1.807, 2.05) is 17.6 Å². The summed E-state index contributed by atoms with van der Waals surface area (Å²) >= 11 is 1.65. The van der Waals surface area contributed by atoms with Crippen LogP contribution in [0.25, 0.3) is 10.4 Å². The van der Waals surface area contributed by atoms with E-state index in [2.05, 4.69) is 9.97 Å². The first-order valence-electron chi connectivity index (χ1n) is 4.44. The molecule has 0 aliphatic carbocycles. The first-order valence-corrected chi connectivity index (χ1v) is 5.32. The van der Waals surface area contributed by atoms with E-state index in [1.54, 1.807) is 23.7 Å². The van der Waals surface area contributed by atoms with Crippen molar-refractivity contribution in [2.24, 2.45) is 5.73 Å². The molecule has 0 aliphatic heterocycles. The molecule has 0 saturated heterocycles. The average molecular weight is 205 g/mol. The molecule has 0 amide bonds. The quantitative estimate of drug-likeness (QED) is 0.829. The third-order valence-electron chi connectivity index (χ3n) is 1.96. The molecule has 0 spiro atoms. The molecule has 0 unspecified atom stereocenters. The van der Waals surface area contributed by atoms with Crippen LogP contribution >= 0.6 is 11.3 Å². The number of nitrogens with two attached hydrogens (primary N) is 1. The van der Waals surface area contributed by atoms with Gasteiger partial charge in [0.15, 0.2) is 0 Å². The summed E-state index contributed by atoms with van der Waals surface area (Å²) < 4.78 is 0. The molecule has 14 heavy (non-hydrogen) atoms. The van der Waals surface area contributed by atoms with Gasteiger partial charge in [-0.1, -0.05) is 0 Å². The van der Waals surface area contributed by atoms with Crippen molar-refractivity contribution in [2.75, 3.05) is 6.54 Å². The van der Waals surface area contributed by atoms with Crippen molar-refractivity contribution in [2.45, 2.75) is 6.42 Å². The molecule has 0 bridgehead atoms. The number of pyridine rings is 1. The van der Waals surface area contributed by atoms with Gasteiger partial charge in [0.05, 0.1) is 16.1 Å². The minimum atomic E-state index is 0.641. The van der Waals surface area contributed by atoms with E-state index in [1.165, 1.54) is 10.4 Å². The Morgan fingerprint density at radius 1 is 1.29 bits per heavy atom. The Hall–Kier alpha value is -1.26. The summed E-state index contributed by atoms with van der Waals surface area (Å²) in [6, 6.07) is 3.99. The summed E-state index contributed by atoms with van der Waals surface area (Å²) in [5, 5.41) is 0. The predicted octanol–water partition coefficient (Wildman–Crippen LogP) is 1.71. The van der Waals surface area contributed by atoms with Gasteiger partial charge in [-0.3, -0.25) is 4.98 Å². The van der Waals surface area contributed by atoms with Crippen molar-refractivity contribution >= 4 is 11.3 Å². The maximum atomic E-state index is 5.52. The molecule has 2 heterocycles. The average Bonchev–Trinajstić information content (AvgIpc) is 2.68. The van der Waals surface area contributed by atoms with Crippen LogP contribution in [0.5, 0.6) is 0 Å². The fourth-order valence-corrected chi connectivity index (χ4v) is 2.17. The summed E-state index contributed by atoms with van der Waals surface area (Å²) in [4.78, 5) is 9.50. The van der Waals surface area contributed by atoms with E-state index in [-0.39, 0.29) is 0 Å². The smallest absolute Gasteiger partial charge is 0.0801 e. The van der Waals surface area contributed by atoms with Gasteiger partial charge >= 0.3 is 0 Å². The molecule has 2 rings (SSSR count). The van der Waals surface area contributed by atoms with Gasteiger partial charge in [-0.2, -0.15) is 0 Å². The maximum Gasteiger partial charge on any atom is 0.0801 e. The van der Waals surface area contributed by atoms with Crippen LogP contribution < -0.4 is 5.73 Å². The van der Waals surface area contributed by atoms with Crippen LogP contribution in [0.15, 0.2) is 30.0 Å². The Morgan fingerprint density at radius 2 is 2.07 bits per heavy atom. The molecule has 3 nitrogen and oxygen atoms in total. The molecule has 0 aromatic carbocycles. The van der Waals surface area contributed by atoms with Gasteiger partial charge in [-0.25, -0.2) is 4.98 Å². The van der Waals surface area contributed by atoms with Gasteiger partial charge in [0, 0.05) is 18.8 Å². The summed E-state index contributed by atoms with van der Waals surface area (Å²) in [6.45, 7) is 0.641. The Balaban J connectivity index is 2.37. The molecule has 0 saturated carbocycles. The summed E-state index contributed by atoms with van der Waals surface area (Å²) in [5.74, 6) is 0. The lowest BCUT2D eigenvalue weighted by Crippen LogP contribution is -2.03. The van der Waals surface area contributed by atoms with Gasteiger partial charge in [0.2, 0.25) is 0 Å². The normalized spacial score (nSPS) is 10.4. The first-order chi connectivity index (χ1) is 6.92. The fraction of sp³-hybridized carbons (Fsp3) is 0.200. The van der Waals surface area contributed by atoms with Crippen molar-refractivity contribution in [1.29, 1.82) is 0 Å². The molecular formula is C10H11N3S. The monoisotopic (exact) mass is 205 g/mol. The van der Waals surface area contributed by atoms with E-state index in [9.17, 15) is 0 Å². The second-order valence-electron chi connectivity index (χ2n) is 2.90. The zero-order valence-corrected chi connectivity index (χ0v) is 8.50. The van der Waals surface area contributed by atoms with Crippen LogP contribution in [0.1, 0.15) is 5.69 Å². The molecule has 0 aliphatic rings. The highest BCUT2D eigenvalue weighted by atomic mass is 32.1. The van der Waals surface area contributed by atoms with Crippen LogP contribution in [0.3, 0.4) is 0 Å². The number of nitrogens with zero attached hydrogens (tertiary/aromatic N) is 2. The highest BCUT2D eigenvalue weighted by molar-refractivity contribution is 7.13. The zero-order chi connectivity index (χ0) is 9.80. The Morgan fingerprint density at radius 3 is 2.79 bits per heavy atom. The number of hydrogen-bond donors (Lipinski definition) is 1. The third kappa shape index (κ3) is 1.81. The molecule has 0 atom stereocenters. The molecule has 2 aromatic heterocycles. The first kappa shape index (κ1) is 9.30. The van der Waals surface area contributed by atoms with E-state index < -0.39 is 0 Å². The number of rotatable bonds is 3. The van der Waals surface area contributed by atoms with Crippen LogP contribution in [0.2, 0.25) is 0 Å². The number of hydrogen-bond acceptors (Lipinski definition) is 4. The van der Waals surface area contributed by atoms with Gasteiger partial charge in [0.25, 0.3) is 0 Å². The van der Waals surface area contributed by atoms with E-state index >= 15 is 0 Å². The standard InChI is InChI=1S/C10H11N3S/c11-4-1-9-10(14-7-13-9)8-2-5-12-6-3-8/h2-3,5-7H,1,4,11H2. The number of aromatic nitrogens is 2. The van der Waals surface area contributed by atoms with Gasteiger partial charge in [0.1, 0.15) is 0 Å². The van der Waals surface area contributed by atoms with E-state index in [0.717, 1.165) is 12.1 Å². The lowest BCUT2D eigenvalue weighted by atomic mass is 10.1. The third-order valence-corrected chi connectivity index (χ3v) is 2.88. The topological polar surface area (TPSA) is 51.8 Å².